The minimum atomic E-state index is -0.324. The maximum Gasteiger partial charge on any atom is 0.323 e. The molecule has 3 aromatic rings. The van der Waals surface area contributed by atoms with Crippen LogP contribution in [0.1, 0.15) is 11.1 Å². The molecule has 2 amide bonds. The van der Waals surface area contributed by atoms with Crippen molar-refractivity contribution in [3.05, 3.63) is 58.0 Å². The van der Waals surface area contributed by atoms with Crippen LogP contribution in [-0.2, 0) is 0 Å². The van der Waals surface area contributed by atoms with E-state index in [4.69, 9.17) is 0 Å². The highest BCUT2D eigenvalue weighted by Crippen LogP contribution is 2.21. The van der Waals surface area contributed by atoms with Gasteiger partial charge in [0.15, 0.2) is 0 Å². The van der Waals surface area contributed by atoms with Gasteiger partial charge in [-0.3, -0.25) is 0 Å². The van der Waals surface area contributed by atoms with Crippen LogP contribution in [0.4, 0.5) is 16.2 Å². The normalized spacial score (nSPS) is 10.6. The van der Waals surface area contributed by atoms with E-state index in [-0.39, 0.29) is 11.7 Å². The zero-order valence-electron chi connectivity index (χ0n) is 12.3. The van der Waals surface area contributed by atoms with Crippen molar-refractivity contribution in [3.8, 4) is 0 Å². The molecule has 0 aliphatic carbocycles. The third-order valence-electron chi connectivity index (χ3n) is 3.50. The van der Waals surface area contributed by atoms with E-state index < -0.39 is 0 Å². The first-order valence-corrected chi connectivity index (χ1v) is 6.89. The topological polar surface area (TPSA) is 89.8 Å². The van der Waals surface area contributed by atoms with E-state index >= 15 is 0 Å². The number of fused-ring (bicyclic) bond motifs is 1. The number of carbonyl (C=O) groups is 1. The Morgan fingerprint density at radius 2 is 1.55 bits per heavy atom. The molecule has 6 heteroatoms. The van der Waals surface area contributed by atoms with Gasteiger partial charge in [0, 0.05) is 11.4 Å². The second-order valence-corrected chi connectivity index (χ2v) is 5.19. The van der Waals surface area contributed by atoms with E-state index in [0.29, 0.717) is 16.7 Å². The average Bonchev–Trinajstić information content (AvgIpc) is 2.81. The molecule has 3 rings (SSSR count). The Morgan fingerprint density at radius 3 is 2.27 bits per heavy atom. The fourth-order valence-corrected chi connectivity index (χ4v) is 2.31. The molecule has 1 aromatic heterocycles. The van der Waals surface area contributed by atoms with Crippen LogP contribution in [0.3, 0.4) is 0 Å². The number of imidazole rings is 1. The summed E-state index contributed by atoms with van der Waals surface area (Å²) in [6.45, 7) is 3.80. The molecule has 0 bridgehead atoms. The van der Waals surface area contributed by atoms with E-state index in [0.717, 1.165) is 16.8 Å². The monoisotopic (exact) mass is 296 g/mol. The Balaban J connectivity index is 1.83. The average molecular weight is 296 g/mol. The summed E-state index contributed by atoms with van der Waals surface area (Å²) in [4.78, 5) is 28.8. The van der Waals surface area contributed by atoms with Gasteiger partial charge in [0.2, 0.25) is 0 Å². The third-order valence-corrected chi connectivity index (χ3v) is 3.50. The standard InChI is InChI=1S/C16H16N4O2/c1-9-5-3-4-6-11(9)17-15(21)18-12-8-14-13(7-10(12)2)19-16(22)20-14/h3-8H,1-2H3,(H2,17,18,21)(H2,19,20,22). The predicted octanol–water partition coefficient (Wildman–Crippen LogP) is 3.12. The lowest BCUT2D eigenvalue weighted by molar-refractivity contribution is 0.262. The summed E-state index contributed by atoms with van der Waals surface area (Å²) >= 11 is 0. The van der Waals surface area contributed by atoms with E-state index in [2.05, 4.69) is 20.6 Å². The second-order valence-electron chi connectivity index (χ2n) is 5.19. The number of hydrogen-bond donors (Lipinski definition) is 4. The number of amides is 2. The molecular weight excluding hydrogens is 280 g/mol. The quantitative estimate of drug-likeness (QED) is 0.585. The Hall–Kier alpha value is -3.02. The van der Waals surface area contributed by atoms with Crippen molar-refractivity contribution < 1.29 is 4.79 Å². The molecule has 22 heavy (non-hydrogen) atoms. The van der Waals surface area contributed by atoms with Gasteiger partial charge in [-0.1, -0.05) is 18.2 Å². The van der Waals surface area contributed by atoms with Crippen LogP contribution in [0.25, 0.3) is 11.0 Å². The number of aromatic nitrogens is 2. The van der Waals surface area contributed by atoms with Gasteiger partial charge in [0.25, 0.3) is 0 Å². The molecule has 0 saturated heterocycles. The van der Waals surface area contributed by atoms with Gasteiger partial charge < -0.3 is 20.6 Å². The van der Waals surface area contributed by atoms with Crippen LogP contribution >= 0.6 is 0 Å². The number of aromatic amines is 2. The second kappa shape index (κ2) is 5.40. The number of anilines is 2. The van der Waals surface area contributed by atoms with Crippen LogP contribution in [0, 0.1) is 13.8 Å². The van der Waals surface area contributed by atoms with Crippen LogP contribution < -0.4 is 16.3 Å². The van der Waals surface area contributed by atoms with Crippen LogP contribution in [-0.4, -0.2) is 16.0 Å². The number of para-hydroxylation sites is 1. The summed E-state index contributed by atoms with van der Waals surface area (Å²) in [5, 5.41) is 5.61. The number of rotatable bonds is 2. The lowest BCUT2D eigenvalue weighted by Crippen LogP contribution is -2.20. The highest BCUT2D eigenvalue weighted by molar-refractivity contribution is 6.01. The Bertz CT molecular complexity index is 908. The van der Waals surface area contributed by atoms with E-state index in [1.807, 2.05) is 44.2 Å². The zero-order valence-corrected chi connectivity index (χ0v) is 12.3. The maximum absolute atomic E-state index is 12.1. The Kier molecular flexibility index (Phi) is 3.42. The molecule has 0 spiro atoms. The highest BCUT2D eigenvalue weighted by Gasteiger charge is 2.09. The van der Waals surface area contributed by atoms with Crippen LogP contribution in [0.15, 0.2) is 41.2 Å². The summed E-state index contributed by atoms with van der Waals surface area (Å²) in [6.07, 6.45) is 0. The Labute approximate surface area is 126 Å². The van der Waals surface area contributed by atoms with Crippen molar-refractivity contribution in [1.82, 2.24) is 9.97 Å². The molecule has 0 aliphatic rings. The maximum atomic E-state index is 12.1. The molecule has 6 nitrogen and oxygen atoms in total. The third kappa shape index (κ3) is 2.71. The molecule has 0 unspecified atom stereocenters. The molecule has 0 radical (unpaired) electrons. The number of aryl methyl sites for hydroxylation is 2. The summed E-state index contributed by atoms with van der Waals surface area (Å²) in [7, 11) is 0. The van der Waals surface area contributed by atoms with Crippen molar-refractivity contribution in [3.63, 3.8) is 0 Å². The fourth-order valence-electron chi connectivity index (χ4n) is 2.31. The lowest BCUT2D eigenvalue weighted by atomic mass is 10.1. The molecular formula is C16H16N4O2. The first-order valence-electron chi connectivity index (χ1n) is 6.89. The first-order chi connectivity index (χ1) is 10.5. The molecule has 112 valence electrons. The molecule has 0 saturated carbocycles. The first kappa shape index (κ1) is 13.9. The molecule has 1 heterocycles. The number of urea groups is 1. The van der Waals surface area contributed by atoms with Crippen molar-refractivity contribution in [1.29, 1.82) is 0 Å². The largest absolute Gasteiger partial charge is 0.323 e. The van der Waals surface area contributed by atoms with Gasteiger partial charge in [0.1, 0.15) is 0 Å². The van der Waals surface area contributed by atoms with Gasteiger partial charge in [0.05, 0.1) is 11.0 Å². The van der Waals surface area contributed by atoms with Crippen molar-refractivity contribution in [2.75, 3.05) is 10.6 Å². The van der Waals surface area contributed by atoms with Gasteiger partial charge in [-0.05, 0) is 43.2 Å². The number of benzene rings is 2. The van der Waals surface area contributed by atoms with Crippen LogP contribution in [0.5, 0.6) is 0 Å². The lowest BCUT2D eigenvalue weighted by Gasteiger charge is -2.11. The summed E-state index contributed by atoms with van der Waals surface area (Å²) in [6, 6.07) is 10.8. The summed E-state index contributed by atoms with van der Waals surface area (Å²) in [5.41, 5.74) is 4.36. The number of carbonyl (C=O) groups excluding carboxylic acids is 1. The minimum absolute atomic E-state index is 0.268. The van der Waals surface area contributed by atoms with E-state index in [1.165, 1.54) is 0 Å². The van der Waals surface area contributed by atoms with Gasteiger partial charge in [-0.25, -0.2) is 9.59 Å². The summed E-state index contributed by atoms with van der Waals surface area (Å²) in [5.74, 6) is 0. The van der Waals surface area contributed by atoms with Gasteiger partial charge in [-0.2, -0.15) is 0 Å². The highest BCUT2D eigenvalue weighted by atomic mass is 16.2. The minimum Gasteiger partial charge on any atom is -0.307 e. The molecule has 4 N–H and O–H groups in total. The molecule has 0 aliphatic heterocycles. The van der Waals surface area contributed by atoms with Crippen molar-refractivity contribution in [2.24, 2.45) is 0 Å². The number of hydrogen-bond acceptors (Lipinski definition) is 2. The number of nitrogens with one attached hydrogen (secondary N) is 4. The van der Waals surface area contributed by atoms with Crippen molar-refractivity contribution >= 4 is 28.4 Å². The smallest absolute Gasteiger partial charge is 0.307 e. The summed E-state index contributed by atoms with van der Waals surface area (Å²) < 4.78 is 0. The molecule has 0 fully saturated rings. The SMILES string of the molecule is Cc1ccccc1NC(=O)Nc1cc2[nH]c(=O)[nH]c2cc1C. The Morgan fingerprint density at radius 1 is 0.909 bits per heavy atom. The fraction of sp³-hybridized carbons (Fsp3) is 0.125. The van der Waals surface area contributed by atoms with Crippen molar-refractivity contribution in [2.45, 2.75) is 13.8 Å². The molecule has 0 atom stereocenters. The van der Waals surface area contributed by atoms with Gasteiger partial charge >= 0.3 is 11.7 Å². The number of H-pyrrole nitrogens is 2. The van der Waals surface area contributed by atoms with E-state index in [1.54, 1.807) is 6.07 Å². The van der Waals surface area contributed by atoms with Crippen LogP contribution in [0.2, 0.25) is 0 Å². The van der Waals surface area contributed by atoms with E-state index in [9.17, 15) is 9.59 Å². The zero-order chi connectivity index (χ0) is 15.7. The van der Waals surface area contributed by atoms with Gasteiger partial charge in [-0.15, -0.1) is 0 Å². The predicted molar refractivity (Wildman–Crippen MR) is 87.5 cm³/mol. The molecule has 2 aromatic carbocycles.